The molecule has 1 aromatic heterocycles. The van der Waals surface area contributed by atoms with Crippen LogP contribution in [0, 0.1) is 11.3 Å². The molecule has 4 rings (SSSR count). The zero-order valence-electron chi connectivity index (χ0n) is 28.9. The second-order valence-electron chi connectivity index (χ2n) is 13.1. The van der Waals surface area contributed by atoms with Crippen molar-refractivity contribution >= 4 is 45.8 Å². The topological polar surface area (TPSA) is 155 Å². The first-order valence-corrected chi connectivity index (χ1v) is 16.4. The second kappa shape index (κ2) is 15.1. The predicted octanol–water partition coefficient (Wildman–Crippen LogP) is 4.39. The highest BCUT2D eigenvalue weighted by atomic mass is 16.5. The van der Waals surface area contributed by atoms with E-state index in [4.69, 9.17) is 10.5 Å². The molecule has 1 saturated heterocycles. The van der Waals surface area contributed by atoms with E-state index in [1.54, 1.807) is 48.3 Å². The molecule has 0 saturated carbocycles. The lowest BCUT2D eigenvalue weighted by Crippen LogP contribution is -2.59. The number of fused-ring (bicyclic) bond motifs is 1. The number of hydrogen-bond acceptors (Lipinski definition) is 9. The summed E-state index contributed by atoms with van der Waals surface area (Å²) in [5, 5.41) is 9.59. The van der Waals surface area contributed by atoms with Crippen LogP contribution in [0.4, 0.5) is 17.2 Å². The highest BCUT2D eigenvalue weighted by Crippen LogP contribution is 2.36. The van der Waals surface area contributed by atoms with Crippen LogP contribution in [0.1, 0.15) is 64.7 Å². The number of likely N-dealkylation sites (N-methyl/N-ethyl adjacent to an activating group) is 1. The molecule has 0 radical (unpaired) electrons. The molecule has 3 amide bonds. The van der Waals surface area contributed by atoms with Crippen molar-refractivity contribution in [3.05, 3.63) is 48.3 Å². The third-order valence-corrected chi connectivity index (χ3v) is 9.22. The van der Waals surface area contributed by atoms with Gasteiger partial charge in [-0.2, -0.15) is 0 Å². The molecule has 3 aromatic rings. The quantitative estimate of drug-likeness (QED) is 0.224. The average Bonchev–Trinajstić information content (AvgIpc) is 3.55. The molecule has 0 bridgehead atoms. The Morgan fingerprint density at radius 3 is 2.38 bits per heavy atom. The number of likely N-dealkylation sites (tertiary alicyclic amines) is 1. The Labute approximate surface area is 277 Å². The SMILES string of the molecule is CCN(CC)[C@@H](C)C(N)[C@@H](C(=O)N1CCC[C@H]1C(=O)Nc1cc2c(Nc3ccc(C(=O)NC)cc3)ncnc2cc1OC)C(C)(C)C. The van der Waals surface area contributed by atoms with Crippen molar-refractivity contribution in [1.29, 1.82) is 0 Å². The largest absolute Gasteiger partial charge is 0.494 e. The minimum atomic E-state index is -0.646. The number of nitrogens with two attached hydrogens (primary N) is 1. The van der Waals surface area contributed by atoms with Crippen molar-refractivity contribution in [3.63, 3.8) is 0 Å². The van der Waals surface area contributed by atoms with E-state index in [-0.39, 0.29) is 23.8 Å². The number of rotatable bonds is 12. The number of anilines is 3. The number of nitrogens with zero attached hydrogens (tertiary/aromatic N) is 4. The summed E-state index contributed by atoms with van der Waals surface area (Å²) in [7, 11) is 3.12. The Hall–Kier alpha value is -4.29. The molecule has 12 heteroatoms. The maximum atomic E-state index is 14.3. The summed E-state index contributed by atoms with van der Waals surface area (Å²) in [4.78, 5) is 53.0. The third kappa shape index (κ3) is 7.82. The van der Waals surface area contributed by atoms with Gasteiger partial charge in [0.15, 0.2) is 0 Å². The van der Waals surface area contributed by atoms with Crippen molar-refractivity contribution in [2.75, 3.05) is 44.4 Å². The van der Waals surface area contributed by atoms with Gasteiger partial charge in [0.25, 0.3) is 5.91 Å². The number of aromatic nitrogens is 2. The molecule has 4 atom stereocenters. The Morgan fingerprint density at radius 2 is 1.79 bits per heavy atom. The molecule has 2 heterocycles. The molecule has 5 N–H and O–H groups in total. The van der Waals surface area contributed by atoms with E-state index in [0.29, 0.717) is 46.7 Å². The first-order valence-electron chi connectivity index (χ1n) is 16.4. The van der Waals surface area contributed by atoms with Gasteiger partial charge in [-0.3, -0.25) is 19.3 Å². The summed E-state index contributed by atoms with van der Waals surface area (Å²) in [5.74, 6) is -0.0770. The summed E-state index contributed by atoms with van der Waals surface area (Å²) in [5.41, 5.74) is 8.76. The first-order chi connectivity index (χ1) is 22.3. The lowest BCUT2D eigenvalue weighted by Gasteiger charge is -2.42. The Balaban J connectivity index is 1.60. The summed E-state index contributed by atoms with van der Waals surface area (Å²) in [6, 6.07) is 9.47. The van der Waals surface area contributed by atoms with Crippen molar-refractivity contribution < 1.29 is 19.1 Å². The van der Waals surface area contributed by atoms with Gasteiger partial charge in [0, 0.05) is 48.4 Å². The highest BCUT2D eigenvalue weighted by Gasteiger charge is 2.45. The van der Waals surface area contributed by atoms with E-state index in [2.05, 4.69) is 51.6 Å². The number of nitrogens with one attached hydrogen (secondary N) is 3. The van der Waals surface area contributed by atoms with E-state index >= 15 is 0 Å². The van der Waals surface area contributed by atoms with E-state index < -0.39 is 23.4 Å². The van der Waals surface area contributed by atoms with Gasteiger partial charge in [-0.25, -0.2) is 9.97 Å². The van der Waals surface area contributed by atoms with Gasteiger partial charge in [0.05, 0.1) is 24.2 Å². The van der Waals surface area contributed by atoms with Crippen molar-refractivity contribution in [2.45, 2.75) is 72.5 Å². The van der Waals surface area contributed by atoms with Gasteiger partial charge in [-0.15, -0.1) is 0 Å². The smallest absolute Gasteiger partial charge is 0.251 e. The lowest BCUT2D eigenvalue weighted by molar-refractivity contribution is -0.144. The van der Waals surface area contributed by atoms with Crippen molar-refractivity contribution in [1.82, 2.24) is 25.1 Å². The number of amides is 3. The molecule has 1 aliphatic heterocycles. The minimum Gasteiger partial charge on any atom is -0.494 e. The summed E-state index contributed by atoms with van der Waals surface area (Å²) in [6.07, 6.45) is 2.71. The van der Waals surface area contributed by atoms with E-state index in [9.17, 15) is 14.4 Å². The molecule has 0 spiro atoms. The van der Waals surface area contributed by atoms with Gasteiger partial charge in [-0.1, -0.05) is 34.6 Å². The van der Waals surface area contributed by atoms with Gasteiger partial charge >= 0.3 is 0 Å². The number of carbonyl (C=O) groups excluding carboxylic acids is 3. The third-order valence-electron chi connectivity index (χ3n) is 9.22. The van der Waals surface area contributed by atoms with E-state index in [0.717, 1.165) is 25.2 Å². The zero-order valence-corrected chi connectivity index (χ0v) is 28.9. The van der Waals surface area contributed by atoms with Crippen LogP contribution in [0.3, 0.4) is 0 Å². The molecule has 254 valence electrons. The Bertz CT molecular complexity index is 1570. The average molecular weight is 647 g/mol. The van der Waals surface area contributed by atoms with Crippen LogP contribution in [0.5, 0.6) is 5.75 Å². The minimum absolute atomic E-state index is 0.00582. The number of methoxy groups -OCH3 is 1. The van der Waals surface area contributed by atoms with Crippen molar-refractivity contribution in [3.8, 4) is 5.75 Å². The van der Waals surface area contributed by atoms with Gasteiger partial charge in [-0.05, 0) is 68.6 Å². The number of hydrogen-bond donors (Lipinski definition) is 4. The molecule has 2 aromatic carbocycles. The second-order valence-corrected chi connectivity index (χ2v) is 13.1. The standard InChI is InChI=1S/C35H50N8O4/c1-9-42(10-2)21(3)30(36)29(35(4,5)6)34(46)43-17-11-12-27(43)33(45)41-26-18-24-25(19-28(26)47-8)38-20-39-31(24)40-23-15-13-22(14-16-23)32(44)37-7/h13-16,18-21,27,29-30H,9-12,17,36H2,1-8H3,(H,37,44)(H,41,45)(H,38,39,40)/t21-,27-,29-,30?/m0/s1. The van der Waals surface area contributed by atoms with Crippen molar-refractivity contribution in [2.24, 2.45) is 17.1 Å². The number of benzene rings is 2. The van der Waals surface area contributed by atoms with Crippen LogP contribution in [0.15, 0.2) is 42.7 Å². The fourth-order valence-electron chi connectivity index (χ4n) is 6.57. The predicted molar refractivity (Wildman–Crippen MR) is 186 cm³/mol. The molecular weight excluding hydrogens is 596 g/mol. The van der Waals surface area contributed by atoms with Gasteiger partial charge in [0.2, 0.25) is 11.8 Å². The summed E-state index contributed by atoms with van der Waals surface area (Å²) >= 11 is 0. The molecule has 0 aliphatic carbocycles. The molecule has 47 heavy (non-hydrogen) atoms. The molecule has 1 fully saturated rings. The van der Waals surface area contributed by atoms with Crippen LogP contribution in [-0.4, -0.2) is 89.4 Å². The van der Waals surface area contributed by atoms with E-state index in [1.165, 1.54) is 13.4 Å². The molecular formula is C35H50N8O4. The van der Waals surface area contributed by atoms with Crippen LogP contribution in [-0.2, 0) is 9.59 Å². The Kier molecular flexibility index (Phi) is 11.4. The lowest BCUT2D eigenvalue weighted by atomic mass is 9.73. The van der Waals surface area contributed by atoms with E-state index in [1.807, 2.05) is 20.8 Å². The molecule has 12 nitrogen and oxygen atoms in total. The first kappa shape index (κ1) is 35.6. The van der Waals surface area contributed by atoms with Crippen LogP contribution < -0.4 is 26.4 Å². The molecule has 1 aliphatic rings. The monoisotopic (exact) mass is 646 g/mol. The van der Waals surface area contributed by atoms with Crippen LogP contribution in [0.2, 0.25) is 0 Å². The maximum Gasteiger partial charge on any atom is 0.251 e. The van der Waals surface area contributed by atoms with Gasteiger partial charge < -0.3 is 31.3 Å². The normalized spacial score (nSPS) is 16.9. The number of ether oxygens (including phenoxy) is 1. The van der Waals surface area contributed by atoms with Crippen LogP contribution >= 0.6 is 0 Å². The summed E-state index contributed by atoms with van der Waals surface area (Å²) in [6.45, 7) is 14.6. The van der Waals surface area contributed by atoms with Crippen LogP contribution in [0.25, 0.3) is 10.9 Å². The maximum absolute atomic E-state index is 14.3. The Morgan fingerprint density at radius 1 is 1.11 bits per heavy atom. The molecule has 1 unspecified atom stereocenters. The summed E-state index contributed by atoms with van der Waals surface area (Å²) < 4.78 is 5.64. The van der Waals surface area contributed by atoms with Gasteiger partial charge in [0.1, 0.15) is 23.9 Å². The zero-order chi connectivity index (χ0) is 34.5. The number of carbonyl (C=O) groups is 3. The fraction of sp³-hybridized carbons (Fsp3) is 0.514. The fourth-order valence-corrected chi connectivity index (χ4v) is 6.57. The highest BCUT2D eigenvalue weighted by molar-refractivity contribution is 6.02.